The van der Waals surface area contributed by atoms with E-state index in [-0.39, 0.29) is 21.3 Å². The lowest BCUT2D eigenvalue weighted by atomic mass is 10.3. The highest BCUT2D eigenvalue weighted by atomic mass is 35.5. The monoisotopic (exact) mass is 331 g/mol. The number of hydrogen-bond acceptors (Lipinski definition) is 3. The molecule has 0 fully saturated rings. The van der Waals surface area contributed by atoms with Crippen molar-refractivity contribution in [3.63, 3.8) is 0 Å². The van der Waals surface area contributed by atoms with E-state index in [9.17, 15) is 9.90 Å². The van der Waals surface area contributed by atoms with E-state index in [1.54, 1.807) is 31.7 Å². The summed E-state index contributed by atoms with van der Waals surface area (Å²) in [5.41, 5.74) is -0.364. The Kier molecular flexibility index (Phi) is 5.46. The molecule has 108 valence electrons. The summed E-state index contributed by atoms with van der Waals surface area (Å²) in [5, 5.41) is 17.5. The fourth-order valence-corrected chi connectivity index (χ4v) is 4.06. The first-order chi connectivity index (χ1) is 9.24. The lowest BCUT2D eigenvalue weighted by Gasteiger charge is -2.33. The third-order valence-electron chi connectivity index (χ3n) is 3.48. The number of aliphatic carboxylic acids is 1. The van der Waals surface area contributed by atoms with Crippen LogP contribution in [0.5, 0.6) is 5.75 Å². The highest BCUT2D eigenvalue weighted by molar-refractivity contribution is 6.67. The second kappa shape index (κ2) is 6.49. The molecular formula is C13H15Cl2NO3Si. The van der Waals surface area contributed by atoms with Crippen molar-refractivity contribution in [3.05, 3.63) is 28.2 Å². The number of carboxylic acid groups (broad SMARTS) is 1. The molecule has 0 saturated carbocycles. The van der Waals surface area contributed by atoms with E-state index in [0.29, 0.717) is 0 Å². The summed E-state index contributed by atoms with van der Waals surface area (Å²) in [4.78, 5) is 11.6. The predicted octanol–water partition coefficient (Wildman–Crippen LogP) is 3.53. The van der Waals surface area contributed by atoms with E-state index in [1.807, 2.05) is 0 Å². The third kappa shape index (κ3) is 3.26. The molecule has 4 nitrogen and oxygen atoms in total. The van der Waals surface area contributed by atoms with Gasteiger partial charge in [0.15, 0.2) is 11.0 Å². The van der Waals surface area contributed by atoms with E-state index >= 15 is 0 Å². The first-order valence-electron chi connectivity index (χ1n) is 6.00. The summed E-state index contributed by atoms with van der Waals surface area (Å²) >= 11 is 12.0. The highest BCUT2D eigenvalue weighted by Gasteiger charge is 2.45. The van der Waals surface area contributed by atoms with Crippen molar-refractivity contribution in [2.45, 2.75) is 31.2 Å². The standard InChI is InChI=1S/C13H15Cl2NO3Si/c1-8(7-16)20(3)13(2,12(17)18)19-11-9(14)5-4-6-10(11)15/h4-6,8,20H,1-3H3,(H,17,18). The maximum atomic E-state index is 11.6. The molecule has 1 rings (SSSR count). The summed E-state index contributed by atoms with van der Waals surface area (Å²) < 4.78 is 5.66. The van der Waals surface area contributed by atoms with Gasteiger partial charge in [0.1, 0.15) is 8.80 Å². The van der Waals surface area contributed by atoms with Crippen LogP contribution in [0, 0.1) is 11.3 Å². The van der Waals surface area contributed by atoms with Gasteiger partial charge >= 0.3 is 5.97 Å². The number of carboxylic acids is 1. The molecule has 0 amide bonds. The molecule has 0 bridgehead atoms. The molecule has 20 heavy (non-hydrogen) atoms. The van der Waals surface area contributed by atoms with Gasteiger partial charge in [-0.15, -0.1) is 0 Å². The molecule has 0 spiro atoms. The molecule has 0 aliphatic carbocycles. The molecule has 7 heteroatoms. The molecular weight excluding hydrogens is 317 g/mol. The summed E-state index contributed by atoms with van der Waals surface area (Å²) in [6.07, 6.45) is 0. The highest BCUT2D eigenvalue weighted by Crippen LogP contribution is 2.37. The number of hydrogen-bond donors (Lipinski definition) is 1. The van der Waals surface area contributed by atoms with Crippen molar-refractivity contribution in [3.8, 4) is 11.8 Å². The fourth-order valence-electron chi connectivity index (χ4n) is 1.71. The van der Waals surface area contributed by atoms with E-state index in [0.717, 1.165) is 0 Å². The first-order valence-corrected chi connectivity index (χ1v) is 9.15. The van der Waals surface area contributed by atoms with E-state index < -0.39 is 20.0 Å². The molecule has 3 atom stereocenters. The van der Waals surface area contributed by atoms with Crippen molar-refractivity contribution in [2.24, 2.45) is 0 Å². The Labute approximate surface area is 129 Å². The van der Waals surface area contributed by atoms with Crippen LogP contribution in [-0.4, -0.2) is 25.1 Å². The molecule has 0 aliphatic rings. The Morgan fingerprint density at radius 1 is 1.50 bits per heavy atom. The zero-order valence-corrected chi connectivity index (χ0v) is 14.0. The average Bonchev–Trinajstić information content (AvgIpc) is 2.40. The molecule has 0 saturated heterocycles. The lowest BCUT2D eigenvalue weighted by Crippen LogP contribution is -2.55. The molecule has 1 aromatic rings. The second-order valence-electron chi connectivity index (χ2n) is 4.77. The summed E-state index contributed by atoms with van der Waals surface area (Å²) in [6.45, 7) is 4.96. The number of nitriles is 1. The topological polar surface area (TPSA) is 70.3 Å². The third-order valence-corrected chi connectivity index (χ3v) is 7.83. The summed E-state index contributed by atoms with van der Waals surface area (Å²) in [5.74, 6) is -0.972. The molecule has 0 aromatic heterocycles. The number of para-hydroxylation sites is 1. The van der Waals surface area contributed by atoms with Crippen molar-refractivity contribution in [1.29, 1.82) is 5.26 Å². The Balaban J connectivity index is 3.23. The molecule has 0 heterocycles. The minimum Gasteiger partial charge on any atom is -0.479 e. The van der Waals surface area contributed by atoms with Gasteiger partial charge in [-0.1, -0.05) is 42.7 Å². The van der Waals surface area contributed by atoms with E-state index in [2.05, 4.69) is 6.07 Å². The number of carbonyl (C=O) groups is 1. The maximum Gasteiger partial charge on any atom is 0.343 e. The van der Waals surface area contributed by atoms with Crippen molar-refractivity contribution < 1.29 is 14.6 Å². The van der Waals surface area contributed by atoms with Gasteiger partial charge in [0.25, 0.3) is 0 Å². The Morgan fingerprint density at radius 2 is 2.00 bits per heavy atom. The van der Waals surface area contributed by atoms with Crippen LogP contribution in [0.1, 0.15) is 13.8 Å². The zero-order chi connectivity index (χ0) is 15.5. The van der Waals surface area contributed by atoms with Crippen molar-refractivity contribution in [1.82, 2.24) is 0 Å². The van der Waals surface area contributed by atoms with Gasteiger partial charge in [-0.2, -0.15) is 5.26 Å². The fraction of sp³-hybridized carbons (Fsp3) is 0.385. The summed E-state index contributed by atoms with van der Waals surface area (Å²) in [7, 11) is -2.10. The van der Waals surface area contributed by atoms with Gasteiger partial charge in [0.05, 0.1) is 16.1 Å². The molecule has 0 radical (unpaired) electrons. The number of halogens is 2. The van der Waals surface area contributed by atoms with E-state index in [1.165, 1.54) is 6.92 Å². The van der Waals surface area contributed by atoms with Crippen LogP contribution >= 0.6 is 23.2 Å². The maximum absolute atomic E-state index is 11.6. The predicted molar refractivity (Wildman–Crippen MR) is 81.2 cm³/mol. The van der Waals surface area contributed by atoms with Crippen LogP contribution in [0.4, 0.5) is 0 Å². The minimum atomic E-state index is -2.10. The number of nitrogens with zero attached hydrogens (tertiary/aromatic N) is 1. The zero-order valence-electron chi connectivity index (χ0n) is 11.4. The Bertz CT molecular complexity index is 541. The van der Waals surface area contributed by atoms with Crippen LogP contribution in [0.3, 0.4) is 0 Å². The minimum absolute atomic E-state index is 0.144. The Morgan fingerprint density at radius 3 is 2.40 bits per heavy atom. The number of rotatable bonds is 5. The van der Waals surface area contributed by atoms with Crippen LogP contribution in [0.25, 0.3) is 0 Å². The van der Waals surface area contributed by atoms with Crippen LogP contribution in [0.2, 0.25) is 22.1 Å². The van der Waals surface area contributed by atoms with Crippen molar-refractivity contribution >= 4 is 38.0 Å². The van der Waals surface area contributed by atoms with Gasteiger partial charge in [-0.25, -0.2) is 4.79 Å². The molecule has 3 unspecified atom stereocenters. The summed E-state index contributed by atoms with van der Waals surface area (Å²) in [6, 6.07) is 6.89. The van der Waals surface area contributed by atoms with E-state index in [4.69, 9.17) is 33.2 Å². The number of ether oxygens (including phenoxy) is 1. The second-order valence-corrected chi connectivity index (χ2v) is 9.26. The quantitative estimate of drug-likeness (QED) is 0.838. The first kappa shape index (κ1) is 16.8. The van der Waals surface area contributed by atoms with Gasteiger partial charge in [0, 0.05) is 5.54 Å². The van der Waals surface area contributed by atoms with Crippen LogP contribution in [0.15, 0.2) is 18.2 Å². The molecule has 0 aliphatic heterocycles. The lowest BCUT2D eigenvalue weighted by molar-refractivity contribution is -0.147. The molecule has 1 aromatic carbocycles. The number of benzene rings is 1. The van der Waals surface area contributed by atoms with Crippen LogP contribution in [-0.2, 0) is 4.79 Å². The average molecular weight is 332 g/mol. The van der Waals surface area contributed by atoms with Gasteiger partial charge in [-0.05, 0) is 19.1 Å². The van der Waals surface area contributed by atoms with Crippen molar-refractivity contribution in [2.75, 3.05) is 0 Å². The Hall–Kier alpha value is -1.22. The van der Waals surface area contributed by atoms with Gasteiger partial charge < -0.3 is 9.84 Å². The van der Waals surface area contributed by atoms with Gasteiger partial charge in [0.2, 0.25) is 0 Å². The molecule has 1 N–H and O–H groups in total. The largest absolute Gasteiger partial charge is 0.479 e. The normalized spacial score (nSPS) is 16.6. The SMILES string of the molecule is CC(C#N)[SiH](C)C(C)(Oc1c(Cl)cccc1Cl)C(=O)O. The smallest absolute Gasteiger partial charge is 0.343 e. The van der Waals surface area contributed by atoms with Crippen LogP contribution < -0.4 is 4.74 Å². The van der Waals surface area contributed by atoms with Gasteiger partial charge in [-0.3, -0.25) is 0 Å².